The molecule has 2 N–H and O–H groups in total. The van der Waals surface area contributed by atoms with Gasteiger partial charge in [0.1, 0.15) is 5.82 Å². The number of likely N-dealkylation sites (N-methyl/N-ethyl adjacent to an activating group) is 1. The lowest BCUT2D eigenvalue weighted by Gasteiger charge is -2.09. The van der Waals surface area contributed by atoms with Crippen LogP contribution in [0.5, 0.6) is 5.75 Å². The van der Waals surface area contributed by atoms with Crippen LogP contribution in [0.25, 0.3) is 0 Å². The third kappa shape index (κ3) is 5.05. The molecule has 0 bridgehead atoms. The summed E-state index contributed by atoms with van der Waals surface area (Å²) in [6, 6.07) is 9.56. The van der Waals surface area contributed by atoms with E-state index in [2.05, 4.69) is 10.6 Å². The molecule has 0 aromatic heterocycles. The molecule has 2 amide bonds. The third-order valence-electron chi connectivity index (χ3n) is 3.13. The zero-order valence-corrected chi connectivity index (χ0v) is 12.9. The van der Waals surface area contributed by atoms with Gasteiger partial charge >= 0.3 is 0 Å². The Bertz CT molecular complexity index is 733. The van der Waals surface area contributed by atoms with Crippen LogP contribution in [0.4, 0.5) is 14.5 Å². The Kier molecular flexibility index (Phi) is 5.83. The Morgan fingerprint density at radius 3 is 2.38 bits per heavy atom. The lowest BCUT2D eigenvalue weighted by molar-refractivity contribution is -0.120. The standard InChI is InChI=1S/C17H16F2N2O3/c1-20-16(22)8-11-2-5-13(6-3-11)21-17(23)10-24-15-7-4-12(18)9-14(15)19/h2-7,9H,8,10H2,1H3,(H,20,22)(H,21,23). The molecule has 0 heterocycles. The fourth-order valence-corrected chi connectivity index (χ4v) is 1.91. The van der Waals surface area contributed by atoms with E-state index in [4.69, 9.17) is 4.74 Å². The highest BCUT2D eigenvalue weighted by Gasteiger charge is 2.08. The number of hydrogen-bond acceptors (Lipinski definition) is 3. The summed E-state index contributed by atoms with van der Waals surface area (Å²) < 4.78 is 31.2. The van der Waals surface area contributed by atoms with Gasteiger partial charge in [0, 0.05) is 18.8 Å². The quantitative estimate of drug-likeness (QED) is 0.852. The second kappa shape index (κ2) is 8.05. The summed E-state index contributed by atoms with van der Waals surface area (Å²) >= 11 is 0. The molecule has 2 rings (SSSR count). The van der Waals surface area contributed by atoms with E-state index < -0.39 is 24.1 Å². The number of ether oxygens (including phenoxy) is 1. The van der Waals surface area contributed by atoms with Crippen molar-refractivity contribution in [1.82, 2.24) is 5.32 Å². The van der Waals surface area contributed by atoms with Crippen molar-refractivity contribution in [2.24, 2.45) is 0 Å². The van der Waals surface area contributed by atoms with Crippen LogP contribution >= 0.6 is 0 Å². The molecule has 0 atom stereocenters. The first-order valence-corrected chi connectivity index (χ1v) is 7.15. The molecule has 7 heteroatoms. The van der Waals surface area contributed by atoms with Crippen molar-refractivity contribution in [1.29, 1.82) is 0 Å². The van der Waals surface area contributed by atoms with Crippen molar-refractivity contribution < 1.29 is 23.1 Å². The summed E-state index contributed by atoms with van der Waals surface area (Å²) in [4.78, 5) is 23.0. The number of rotatable bonds is 6. The smallest absolute Gasteiger partial charge is 0.262 e. The molecule has 0 fully saturated rings. The summed E-state index contributed by atoms with van der Waals surface area (Å²) in [5.41, 5.74) is 1.32. The number of amides is 2. The van der Waals surface area contributed by atoms with Gasteiger partial charge in [0.2, 0.25) is 5.91 Å². The van der Waals surface area contributed by atoms with Crippen LogP contribution in [-0.2, 0) is 16.0 Å². The van der Waals surface area contributed by atoms with E-state index in [-0.39, 0.29) is 18.1 Å². The lowest BCUT2D eigenvalue weighted by atomic mass is 10.1. The van der Waals surface area contributed by atoms with Gasteiger partial charge in [-0.2, -0.15) is 0 Å². The van der Waals surface area contributed by atoms with Gasteiger partial charge in [-0.05, 0) is 29.8 Å². The van der Waals surface area contributed by atoms with Crippen LogP contribution in [0.1, 0.15) is 5.56 Å². The molecule has 126 valence electrons. The van der Waals surface area contributed by atoms with E-state index in [0.29, 0.717) is 11.8 Å². The Morgan fingerprint density at radius 2 is 1.75 bits per heavy atom. The van der Waals surface area contributed by atoms with E-state index in [1.54, 1.807) is 31.3 Å². The van der Waals surface area contributed by atoms with Crippen molar-refractivity contribution in [3.8, 4) is 5.75 Å². The van der Waals surface area contributed by atoms with Crippen molar-refractivity contribution in [3.05, 3.63) is 59.7 Å². The molecule has 2 aromatic rings. The maximum absolute atomic E-state index is 13.4. The van der Waals surface area contributed by atoms with Crippen LogP contribution in [0, 0.1) is 11.6 Å². The number of carbonyl (C=O) groups is 2. The highest BCUT2D eigenvalue weighted by molar-refractivity contribution is 5.92. The van der Waals surface area contributed by atoms with Crippen molar-refractivity contribution in [2.75, 3.05) is 19.0 Å². The summed E-state index contributed by atoms with van der Waals surface area (Å²) in [5.74, 6) is -2.39. The maximum Gasteiger partial charge on any atom is 0.262 e. The lowest BCUT2D eigenvalue weighted by Crippen LogP contribution is -2.21. The van der Waals surface area contributed by atoms with E-state index in [1.165, 1.54) is 0 Å². The molecule has 0 aliphatic carbocycles. The molecule has 0 saturated carbocycles. The Balaban J connectivity index is 1.86. The molecule has 2 aromatic carbocycles. The number of anilines is 1. The number of hydrogen-bond donors (Lipinski definition) is 2. The fraction of sp³-hybridized carbons (Fsp3) is 0.176. The minimum Gasteiger partial charge on any atom is -0.481 e. The van der Waals surface area contributed by atoms with Gasteiger partial charge < -0.3 is 15.4 Å². The average molecular weight is 334 g/mol. The zero-order chi connectivity index (χ0) is 17.5. The van der Waals surface area contributed by atoms with Crippen molar-refractivity contribution >= 4 is 17.5 Å². The van der Waals surface area contributed by atoms with Crippen LogP contribution in [0.2, 0.25) is 0 Å². The van der Waals surface area contributed by atoms with Gasteiger partial charge in [0.25, 0.3) is 5.91 Å². The normalized spacial score (nSPS) is 10.1. The second-order valence-electron chi connectivity index (χ2n) is 4.96. The Hall–Kier alpha value is -2.96. The molecule has 5 nitrogen and oxygen atoms in total. The van der Waals surface area contributed by atoms with Gasteiger partial charge in [-0.3, -0.25) is 9.59 Å². The minimum atomic E-state index is -0.874. The summed E-state index contributed by atoms with van der Waals surface area (Å²) in [7, 11) is 1.56. The molecule has 0 saturated heterocycles. The van der Waals surface area contributed by atoms with Crippen LogP contribution in [-0.4, -0.2) is 25.5 Å². The molecular weight excluding hydrogens is 318 g/mol. The van der Waals surface area contributed by atoms with E-state index in [1.807, 2.05) is 0 Å². The Labute approximate surface area is 137 Å². The van der Waals surface area contributed by atoms with Crippen LogP contribution in [0.15, 0.2) is 42.5 Å². The van der Waals surface area contributed by atoms with Gasteiger partial charge in [0.15, 0.2) is 18.2 Å². The largest absolute Gasteiger partial charge is 0.481 e. The average Bonchev–Trinajstić information content (AvgIpc) is 2.55. The topological polar surface area (TPSA) is 67.4 Å². The highest BCUT2D eigenvalue weighted by Crippen LogP contribution is 2.17. The van der Waals surface area contributed by atoms with E-state index >= 15 is 0 Å². The summed E-state index contributed by atoms with van der Waals surface area (Å²) in [6.45, 7) is -0.414. The first-order chi connectivity index (χ1) is 11.5. The Morgan fingerprint density at radius 1 is 1.04 bits per heavy atom. The SMILES string of the molecule is CNC(=O)Cc1ccc(NC(=O)COc2ccc(F)cc2F)cc1. The monoisotopic (exact) mass is 334 g/mol. The number of carbonyl (C=O) groups excluding carboxylic acids is 2. The molecule has 0 aliphatic heterocycles. The first-order valence-electron chi connectivity index (χ1n) is 7.15. The van der Waals surface area contributed by atoms with Gasteiger partial charge in [-0.1, -0.05) is 12.1 Å². The first kappa shape index (κ1) is 17.4. The van der Waals surface area contributed by atoms with Gasteiger partial charge in [0.05, 0.1) is 6.42 Å². The van der Waals surface area contributed by atoms with Gasteiger partial charge in [-0.15, -0.1) is 0 Å². The fourth-order valence-electron chi connectivity index (χ4n) is 1.91. The van der Waals surface area contributed by atoms with E-state index in [0.717, 1.165) is 17.7 Å². The van der Waals surface area contributed by atoms with E-state index in [9.17, 15) is 18.4 Å². The second-order valence-corrected chi connectivity index (χ2v) is 4.96. The highest BCUT2D eigenvalue weighted by atomic mass is 19.1. The molecule has 0 spiro atoms. The molecular formula is C17H16F2N2O3. The predicted molar refractivity (Wildman–Crippen MR) is 84.7 cm³/mol. The van der Waals surface area contributed by atoms with Crippen LogP contribution < -0.4 is 15.4 Å². The minimum absolute atomic E-state index is 0.110. The molecule has 0 radical (unpaired) electrons. The van der Waals surface area contributed by atoms with Gasteiger partial charge in [-0.25, -0.2) is 8.78 Å². The van der Waals surface area contributed by atoms with Crippen molar-refractivity contribution in [2.45, 2.75) is 6.42 Å². The number of halogens is 2. The predicted octanol–water partition coefficient (Wildman–Crippen LogP) is 2.27. The number of benzene rings is 2. The summed E-state index contributed by atoms with van der Waals surface area (Å²) in [6.07, 6.45) is 0.248. The number of nitrogens with one attached hydrogen (secondary N) is 2. The maximum atomic E-state index is 13.4. The zero-order valence-electron chi connectivity index (χ0n) is 12.9. The van der Waals surface area contributed by atoms with Crippen LogP contribution in [0.3, 0.4) is 0 Å². The summed E-state index contributed by atoms with van der Waals surface area (Å²) in [5, 5.41) is 5.10. The molecule has 0 unspecified atom stereocenters. The van der Waals surface area contributed by atoms with Crippen molar-refractivity contribution in [3.63, 3.8) is 0 Å². The molecule has 0 aliphatic rings. The third-order valence-corrected chi connectivity index (χ3v) is 3.13. The molecule has 24 heavy (non-hydrogen) atoms.